The lowest BCUT2D eigenvalue weighted by atomic mass is 10.1. The molecule has 0 aliphatic carbocycles. The second-order valence-electron chi connectivity index (χ2n) is 5.24. The molecule has 0 bridgehead atoms. The van der Waals surface area contributed by atoms with Crippen molar-refractivity contribution in [3.8, 4) is 0 Å². The van der Waals surface area contributed by atoms with Gasteiger partial charge in [-0.1, -0.05) is 13.8 Å². The molecule has 1 N–H and O–H groups in total. The first-order valence-electron chi connectivity index (χ1n) is 6.25. The van der Waals surface area contributed by atoms with E-state index >= 15 is 0 Å². The van der Waals surface area contributed by atoms with Crippen LogP contribution in [0.2, 0.25) is 0 Å². The smallest absolute Gasteiger partial charge is 0.330 e. The van der Waals surface area contributed by atoms with E-state index in [1.54, 1.807) is 20.9 Å². The van der Waals surface area contributed by atoms with Crippen LogP contribution in [0.4, 0.5) is 0 Å². The first kappa shape index (κ1) is 14.1. The summed E-state index contributed by atoms with van der Waals surface area (Å²) in [5.74, 6) is -1.11. The lowest BCUT2D eigenvalue weighted by Gasteiger charge is -2.17. The quantitative estimate of drug-likeness (QED) is 0.876. The van der Waals surface area contributed by atoms with Crippen molar-refractivity contribution in [1.82, 2.24) is 13.7 Å². The molecular weight excluding hydrogens is 262 g/mol. The van der Waals surface area contributed by atoms with Gasteiger partial charge < -0.3 is 9.67 Å². The molecule has 0 saturated carbocycles. The molecule has 7 heteroatoms. The van der Waals surface area contributed by atoms with Gasteiger partial charge in [0.05, 0.1) is 10.9 Å². The van der Waals surface area contributed by atoms with E-state index in [0.717, 1.165) is 4.57 Å². The minimum absolute atomic E-state index is 0.143. The van der Waals surface area contributed by atoms with Gasteiger partial charge in [-0.3, -0.25) is 13.9 Å². The molecule has 1 atom stereocenters. The normalized spacial score (nSPS) is 13.1. The van der Waals surface area contributed by atoms with Crippen LogP contribution >= 0.6 is 0 Å². The van der Waals surface area contributed by atoms with E-state index in [2.05, 4.69) is 0 Å². The number of aliphatic carboxylic acids is 1. The van der Waals surface area contributed by atoms with Gasteiger partial charge in [-0.25, -0.2) is 9.59 Å². The van der Waals surface area contributed by atoms with Crippen LogP contribution in [-0.4, -0.2) is 24.8 Å². The molecule has 2 heterocycles. The summed E-state index contributed by atoms with van der Waals surface area (Å²) in [6.45, 7) is 3.58. The second kappa shape index (κ2) is 4.66. The summed E-state index contributed by atoms with van der Waals surface area (Å²) in [6, 6.07) is -0.776. The van der Waals surface area contributed by atoms with Crippen molar-refractivity contribution in [1.29, 1.82) is 0 Å². The SMILES string of the molecule is CC(C)C(C(=O)O)n1cc2c(=O)n(C)c(=O)n(C)c2c1. The van der Waals surface area contributed by atoms with Gasteiger partial charge in [0.2, 0.25) is 0 Å². The molecule has 2 aromatic rings. The second-order valence-corrected chi connectivity index (χ2v) is 5.24. The van der Waals surface area contributed by atoms with Gasteiger partial charge in [0.1, 0.15) is 6.04 Å². The minimum atomic E-state index is -0.970. The van der Waals surface area contributed by atoms with Crippen molar-refractivity contribution < 1.29 is 9.90 Å². The highest BCUT2D eigenvalue weighted by Crippen LogP contribution is 2.21. The number of hydrogen-bond donors (Lipinski definition) is 1. The molecule has 0 aromatic carbocycles. The number of nitrogens with zero attached hydrogens (tertiary/aromatic N) is 3. The number of carboxylic acid groups (broad SMARTS) is 1. The Balaban J connectivity index is 2.81. The Labute approximate surface area is 114 Å². The van der Waals surface area contributed by atoms with Crippen LogP contribution in [-0.2, 0) is 18.9 Å². The van der Waals surface area contributed by atoms with Crippen molar-refractivity contribution in [3.05, 3.63) is 33.2 Å². The number of fused-ring (bicyclic) bond motifs is 1. The van der Waals surface area contributed by atoms with E-state index in [0.29, 0.717) is 10.9 Å². The molecule has 0 saturated heterocycles. The molecule has 20 heavy (non-hydrogen) atoms. The maximum Gasteiger partial charge on any atom is 0.330 e. The summed E-state index contributed by atoms with van der Waals surface area (Å²) >= 11 is 0. The van der Waals surface area contributed by atoms with Crippen LogP contribution in [0.1, 0.15) is 19.9 Å². The third-order valence-corrected chi connectivity index (χ3v) is 3.50. The maximum absolute atomic E-state index is 12.1. The fraction of sp³-hybridized carbons (Fsp3) is 0.462. The van der Waals surface area contributed by atoms with Crippen LogP contribution < -0.4 is 11.2 Å². The van der Waals surface area contributed by atoms with E-state index in [-0.39, 0.29) is 5.92 Å². The highest BCUT2D eigenvalue weighted by Gasteiger charge is 2.24. The average Bonchev–Trinajstić information content (AvgIpc) is 2.77. The lowest BCUT2D eigenvalue weighted by Crippen LogP contribution is -2.36. The van der Waals surface area contributed by atoms with E-state index in [4.69, 9.17) is 0 Å². The highest BCUT2D eigenvalue weighted by atomic mass is 16.4. The van der Waals surface area contributed by atoms with Gasteiger partial charge in [-0.15, -0.1) is 0 Å². The summed E-state index contributed by atoms with van der Waals surface area (Å²) < 4.78 is 3.84. The van der Waals surface area contributed by atoms with E-state index in [1.165, 1.54) is 28.6 Å². The molecule has 0 spiro atoms. The average molecular weight is 279 g/mol. The maximum atomic E-state index is 12.1. The molecule has 7 nitrogen and oxygen atoms in total. The Morgan fingerprint density at radius 3 is 2.25 bits per heavy atom. The topological polar surface area (TPSA) is 86.2 Å². The summed E-state index contributed by atoms with van der Waals surface area (Å²) in [5, 5.41) is 9.63. The molecular formula is C13H17N3O4. The van der Waals surface area contributed by atoms with Gasteiger partial charge in [0, 0.05) is 26.5 Å². The van der Waals surface area contributed by atoms with Crippen molar-refractivity contribution in [2.75, 3.05) is 0 Å². The zero-order chi connectivity index (χ0) is 15.2. The molecule has 0 fully saturated rings. The van der Waals surface area contributed by atoms with E-state index in [1.807, 2.05) is 0 Å². The minimum Gasteiger partial charge on any atom is -0.480 e. The standard InChI is InChI=1S/C13H17N3O4/c1-7(2)10(12(18)19)16-5-8-9(6-16)14(3)13(20)15(4)11(8)17/h5-7,10H,1-4H3,(H,18,19). The number of hydrogen-bond acceptors (Lipinski definition) is 3. The molecule has 2 aromatic heterocycles. The lowest BCUT2D eigenvalue weighted by molar-refractivity contribution is -0.142. The van der Waals surface area contributed by atoms with Crippen LogP contribution in [0.3, 0.4) is 0 Å². The molecule has 0 aliphatic rings. The fourth-order valence-corrected chi connectivity index (χ4v) is 2.41. The largest absolute Gasteiger partial charge is 0.480 e. The number of aryl methyl sites for hydroxylation is 1. The van der Waals surface area contributed by atoms with Gasteiger partial charge in [-0.05, 0) is 5.92 Å². The summed E-state index contributed by atoms with van der Waals surface area (Å²) in [7, 11) is 2.96. The summed E-state index contributed by atoms with van der Waals surface area (Å²) in [5.41, 5.74) is -0.420. The Kier molecular flexibility index (Phi) is 3.29. The molecule has 2 rings (SSSR count). The molecule has 0 aliphatic heterocycles. The number of carboxylic acids is 1. The van der Waals surface area contributed by atoms with Crippen LogP contribution in [0, 0.1) is 5.92 Å². The predicted molar refractivity (Wildman–Crippen MR) is 73.9 cm³/mol. The number of rotatable bonds is 3. The monoisotopic (exact) mass is 279 g/mol. The van der Waals surface area contributed by atoms with Crippen molar-refractivity contribution >= 4 is 16.9 Å². The zero-order valence-electron chi connectivity index (χ0n) is 11.8. The van der Waals surface area contributed by atoms with Crippen molar-refractivity contribution in [2.24, 2.45) is 20.0 Å². The predicted octanol–water partition coefficient (Wildman–Crippen LogP) is 0.320. The highest BCUT2D eigenvalue weighted by molar-refractivity contribution is 5.79. The fourth-order valence-electron chi connectivity index (χ4n) is 2.41. The molecule has 108 valence electrons. The Morgan fingerprint density at radius 2 is 1.75 bits per heavy atom. The van der Waals surface area contributed by atoms with Gasteiger partial charge in [-0.2, -0.15) is 0 Å². The van der Waals surface area contributed by atoms with Crippen LogP contribution in [0.5, 0.6) is 0 Å². The first-order chi connectivity index (χ1) is 9.25. The summed E-state index contributed by atoms with van der Waals surface area (Å²) in [6.07, 6.45) is 3.03. The number of carbonyl (C=O) groups is 1. The Morgan fingerprint density at radius 1 is 1.15 bits per heavy atom. The number of aromatic nitrogens is 3. The van der Waals surface area contributed by atoms with Crippen molar-refractivity contribution in [3.63, 3.8) is 0 Å². The Bertz CT molecular complexity index is 794. The van der Waals surface area contributed by atoms with Crippen molar-refractivity contribution in [2.45, 2.75) is 19.9 Å². The molecule has 0 amide bonds. The first-order valence-corrected chi connectivity index (χ1v) is 6.25. The Hall–Kier alpha value is -2.31. The van der Waals surface area contributed by atoms with E-state index < -0.39 is 23.3 Å². The molecule has 1 unspecified atom stereocenters. The van der Waals surface area contributed by atoms with Gasteiger partial charge >= 0.3 is 11.7 Å². The molecule has 0 radical (unpaired) electrons. The third kappa shape index (κ3) is 1.95. The van der Waals surface area contributed by atoms with Gasteiger partial charge in [0.25, 0.3) is 5.56 Å². The van der Waals surface area contributed by atoms with Crippen LogP contribution in [0.15, 0.2) is 22.0 Å². The third-order valence-electron chi connectivity index (χ3n) is 3.50. The summed E-state index contributed by atoms with van der Waals surface area (Å²) in [4.78, 5) is 35.3. The zero-order valence-corrected chi connectivity index (χ0v) is 11.8. The van der Waals surface area contributed by atoms with Crippen LogP contribution in [0.25, 0.3) is 10.9 Å². The van der Waals surface area contributed by atoms with Gasteiger partial charge in [0.15, 0.2) is 0 Å². The van der Waals surface area contributed by atoms with E-state index in [9.17, 15) is 19.5 Å².